The molecule has 290 valence electrons. The number of anilines is 6. The molecule has 0 spiro atoms. The van der Waals surface area contributed by atoms with Crippen molar-refractivity contribution in [2.45, 2.75) is 0 Å². The first-order valence-corrected chi connectivity index (χ1v) is 21.1. The van der Waals surface area contributed by atoms with Crippen LogP contribution in [-0.4, -0.2) is 0 Å². The van der Waals surface area contributed by atoms with Crippen LogP contribution in [0.15, 0.2) is 227 Å². The molecule has 0 bridgehead atoms. The van der Waals surface area contributed by atoms with Crippen LogP contribution in [0, 0.1) is 0 Å². The Hall–Kier alpha value is -8.34. The molecule has 0 saturated heterocycles. The van der Waals surface area contributed by atoms with Gasteiger partial charge in [-0.25, -0.2) is 0 Å². The smallest absolute Gasteiger partial charge is 0.143 e. The summed E-state index contributed by atoms with van der Waals surface area (Å²) in [5.41, 5.74) is 9.90. The minimum atomic E-state index is 0.890. The summed E-state index contributed by atoms with van der Waals surface area (Å²) in [6, 6.07) is 78.2. The fourth-order valence-corrected chi connectivity index (χ4v) is 9.82. The Morgan fingerprint density at radius 1 is 0.242 bits per heavy atom. The maximum absolute atomic E-state index is 6.63. The molecular weight excluding hydrogens is 757 g/mol. The first-order valence-electron chi connectivity index (χ1n) is 21.1. The minimum Gasteiger partial charge on any atom is -0.455 e. The maximum atomic E-state index is 6.63. The molecule has 4 heteroatoms. The Balaban J connectivity index is 1.12. The van der Waals surface area contributed by atoms with Crippen molar-refractivity contribution in [2.75, 3.05) is 9.80 Å². The number of hydrogen-bond acceptors (Lipinski definition) is 4. The van der Waals surface area contributed by atoms with Gasteiger partial charge in [0, 0.05) is 65.5 Å². The normalized spacial score (nSPS) is 11.9. The Labute approximate surface area is 356 Å². The molecule has 62 heavy (non-hydrogen) atoms. The summed E-state index contributed by atoms with van der Waals surface area (Å²) in [5, 5.41) is 13.5. The fraction of sp³-hybridized carbons (Fsp3) is 0. The molecule has 0 N–H and O–H groups in total. The largest absolute Gasteiger partial charge is 0.455 e. The lowest BCUT2D eigenvalue weighted by Gasteiger charge is -2.32. The summed E-state index contributed by atoms with van der Waals surface area (Å²) in [6.07, 6.45) is 0. The molecule has 13 rings (SSSR count). The molecule has 0 aliphatic carbocycles. The highest BCUT2D eigenvalue weighted by atomic mass is 16.3. The van der Waals surface area contributed by atoms with E-state index in [1.165, 1.54) is 10.8 Å². The molecular formula is C58H36N2O2. The molecule has 2 aromatic heterocycles. The van der Waals surface area contributed by atoms with Crippen molar-refractivity contribution in [2.24, 2.45) is 0 Å². The van der Waals surface area contributed by atoms with Gasteiger partial charge in [-0.1, -0.05) is 146 Å². The SMILES string of the molecule is c1ccc(N(c2cc(N(c3ccccc3)c3cccc4c3ccc3c5ccccc5oc43)c3ccc4ccccc4c3c2)c2cccc3c2ccc2c4ccccc4oc32)cc1. The number of benzene rings is 11. The number of nitrogens with zero attached hydrogens (tertiary/aromatic N) is 2. The van der Waals surface area contributed by atoms with Gasteiger partial charge in [0.15, 0.2) is 0 Å². The highest BCUT2D eigenvalue weighted by Gasteiger charge is 2.24. The average molecular weight is 793 g/mol. The molecule has 0 amide bonds. The highest BCUT2D eigenvalue weighted by molar-refractivity contribution is 6.21. The van der Waals surface area contributed by atoms with E-state index in [-0.39, 0.29) is 0 Å². The van der Waals surface area contributed by atoms with Crippen LogP contribution in [0.1, 0.15) is 0 Å². The van der Waals surface area contributed by atoms with E-state index in [2.05, 4.69) is 216 Å². The molecule has 2 heterocycles. The summed E-state index contributed by atoms with van der Waals surface area (Å²) < 4.78 is 13.2. The molecule has 4 nitrogen and oxygen atoms in total. The van der Waals surface area contributed by atoms with Crippen molar-refractivity contribution in [3.8, 4) is 0 Å². The zero-order valence-corrected chi connectivity index (χ0v) is 33.5. The van der Waals surface area contributed by atoms with Gasteiger partial charge < -0.3 is 18.6 Å². The summed E-state index contributed by atoms with van der Waals surface area (Å²) in [6.45, 7) is 0. The quantitative estimate of drug-likeness (QED) is 0.157. The van der Waals surface area contributed by atoms with Crippen LogP contribution in [0.2, 0.25) is 0 Å². The Morgan fingerprint density at radius 2 is 0.677 bits per heavy atom. The second-order valence-corrected chi connectivity index (χ2v) is 16.0. The topological polar surface area (TPSA) is 32.8 Å². The van der Waals surface area contributed by atoms with E-state index >= 15 is 0 Å². The maximum Gasteiger partial charge on any atom is 0.143 e. The van der Waals surface area contributed by atoms with Gasteiger partial charge in [-0.05, 0) is 89.0 Å². The van der Waals surface area contributed by atoms with Gasteiger partial charge in [0.05, 0.1) is 17.1 Å². The summed E-state index contributed by atoms with van der Waals surface area (Å²) in [4.78, 5) is 4.84. The van der Waals surface area contributed by atoms with E-state index in [1.54, 1.807) is 0 Å². The third-order valence-corrected chi connectivity index (χ3v) is 12.6. The van der Waals surface area contributed by atoms with E-state index in [0.717, 1.165) is 110 Å². The van der Waals surface area contributed by atoms with Gasteiger partial charge in [-0.3, -0.25) is 0 Å². The van der Waals surface area contributed by atoms with Gasteiger partial charge in [0.2, 0.25) is 0 Å². The number of rotatable bonds is 6. The van der Waals surface area contributed by atoms with Crippen molar-refractivity contribution in [1.82, 2.24) is 0 Å². The zero-order chi connectivity index (χ0) is 40.7. The van der Waals surface area contributed by atoms with E-state index in [0.29, 0.717) is 0 Å². The van der Waals surface area contributed by atoms with E-state index < -0.39 is 0 Å². The second kappa shape index (κ2) is 13.6. The van der Waals surface area contributed by atoms with Crippen molar-refractivity contribution in [3.63, 3.8) is 0 Å². The molecule has 0 unspecified atom stereocenters. The van der Waals surface area contributed by atoms with Gasteiger partial charge in [-0.2, -0.15) is 0 Å². The Morgan fingerprint density at radius 3 is 1.29 bits per heavy atom. The zero-order valence-electron chi connectivity index (χ0n) is 33.5. The molecule has 0 radical (unpaired) electrons. The highest BCUT2D eigenvalue weighted by Crippen LogP contribution is 2.49. The molecule has 0 aliphatic heterocycles. The summed E-state index contributed by atoms with van der Waals surface area (Å²) in [5.74, 6) is 0. The van der Waals surface area contributed by atoms with Crippen molar-refractivity contribution in [3.05, 3.63) is 218 Å². The third-order valence-electron chi connectivity index (χ3n) is 12.6. The standard InChI is InChI=1S/C58H36N2O2/c1-3-16-38(17-4-1)59(52-25-13-23-47-42(52)31-33-49-45-21-9-11-27-55(45)61-57(47)49)40-35-51-41-20-8-7-15-37(41)29-30-44(51)54(36-40)60(39-18-5-2-6-19-39)53-26-14-24-48-43(53)32-34-50-46-22-10-12-28-56(46)62-58(48)50/h1-36H. The summed E-state index contributed by atoms with van der Waals surface area (Å²) in [7, 11) is 0. The molecule has 0 aliphatic rings. The van der Waals surface area contributed by atoms with Crippen LogP contribution in [0.4, 0.5) is 34.1 Å². The lowest BCUT2D eigenvalue weighted by molar-refractivity contribution is 0.672. The predicted octanol–water partition coefficient (Wildman–Crippen LogP) is 17.0. The van der Waals surface area contributed by atoms with Crippen LogP contribution in [0.5, 0.6) is 0 Å². The fourth-order valence-electron chi connectivity index (χ4n) is 9.82. The van der Waals surface area contributed by atoms with Crippen molar-refractivity contribution in [1.29, 1.82) is 0 Å². The summed E-state index contributed by atoms with van der Waals surface area (Å²) >= 11 is 0. The van der Waals surface area contributed by atoms with E-state index in [4.69, 9.17) is 8.83 Å². The molecule has 0 saturated carbocycles. The second-order valence-electron chi connectivity index (χ2n) is 16.0. The monoisotopic (exact) mass is 792 g/mol. The molecule has 11 aromatic carbocycles. The van der Waals surface area contributed by atoms with Crippen LogP contribution in [-0.2, 0) is 0 Å². The molecule has 13 aromatic rings. The van der Waals surface area contributed by atoms with Gasteiger partial charge in [0.25, 0.3) is 0 Å². The number of furan rings is 2. The van der Waals surface area contributed by atoms with E-state index in [9.17, 15) is 0 Å². The van der Waals surface area contributed by atoms with Gasteiger partial charge in [-0.15, -0.1) is 0 Å². The van der Waals surface area contributed by atoms with Crippen LogP contribution in [0.25, 0.3) is 87.0 Å². The first kappa shape index (κ1) is 34.5. The van der Waals surface area contributed by atoms with Crippen LogP contribution >= 0.6 is 0 Å². The van der Waals surface area contributed by atoms with Crippen molar-refractivity contribution < 1.29 is 8.83 Å². The first-order chi connectivity index (χ1) is 30.8. The van der Waals surface area contributed by atoms with Gasteiger partial charge in [0.1, 0.15) is 22.3 Å². The van der Waals surface area contributed by atoms with Crippen molar-refractivity contribution >= 4 is 121 Å². The average Bonchev–Trinajstić information content (AvgIpc) is 3.92. The minimum absolute atomic E-state index is 0.890. The lowest BCUT2D eigenvalue weighted by atomic mass is 9.97. The lowest BCUT2D eigenvalue weighted by Crippen LogP contribution is -2.14. The Bertz CT molecular complexity index is 3890. The van der Waals surface area contributed by atoms with Crippen LogP contribution in [0.3, 0.4) is 0 Å². The Kier molecular flexibility index (Phi) is 7.57. The molecule has 0 fully saturated rings. The van der Waals surface area contributed by atoms with Crippen LogP contribution < -0.4 is 9.80 Å². The predicted molar refractivity (Wildman–Crippen MR) is 260 cm³/mol. The number of fused-ring (bicyclic) bond motifs is 13. The van der Waals surface area contributed by atoms with Gasteiger partial charge >= 0.3 is 0 Å². The van der Waals surface area contributed by atoms with E-state index in [1.807, 2.05) is 12.1 Å². The third kappa shape index (κ3) is 5.20. The number of para-hydroxylation sites is 4. The molecule has 0 atom stereocenters. The number of hydrogen-bond donors (Lipinski definition) is 0.